The quantitative estimate of drug-likeness (QED) is 0.646. The Labute approximate surface area is 167 Å². The average Bonchev–Trinajstić information content (AvgIpc) is 3.23. The first-order valence-electron chi connectivity index (χ1n) is 9.57. The van der Waals surface area contributed by atoms with Crippen LogP contribution in [0.4, 0.5) is 0 Å². The third-order valence-corrected chi connectivity index (χ3v) is 5.39. The summed E-state index contributed by atoms with van der Waals surface area (Å²) in [5.74, 6) is -1.67. The molecule has 0 spiro atoms. The van der Waals surface area contributed by atoms with Gasteiger partial charge in [0.1, 0.15) is 6.04 Å². The maximum absolute atomic E-state index is 13.4. The molecular weight excluding hydrogens is 370 g/mol. The van der Waals surface area contributed by atoms with Crippen LogP contribution >= 0.6 is 0 Å². The minimum absolute atomic E-state index is 0.260. The number of carbonyl (C=O) groups excluding carboxylic acids is 2. The molecule has 29 heavy (non-hydrogen) atoms. The van der Waals surface area contributed by atoms with Crippen LogP contribution in [0.1, 0.15) is 24.4 Å². The van der Waals surface area contributed by atoms with E-state index in [1.165, 1.54) is 15.8 Å². The van der Waals surface area contributed by atoms with E-state index in [1.807, 2.05) is 30.3 Å². The number of rotatable bonds is 5. The average molecular weight is 390 g/mol. The van der Waals surface area contributed by atoms with Crippen molar-refractivity contribution < 1.29 is 14.7 Å². The highest BCUT2D eigenvalue weighted by Gasteiger charge is 2.35. The van der Waals surface area contributed by atoms with Crippen LogP contribution in [0.25, 0.3) is 10.9 Å². The second-order valence-corrected chi connectivity index (χ2v) is 7.19. The lowest BCUT2D eigenvalue weighted by Crippen LogP contribution is -2.50. The molecule has 0 bridgehead atoms. The molecule has 2 aromatic carbocycles. The van der Waals surface area contributed by atoms with Gasteiger partial charge >= 0.3 is 0 Å². The predicted octanol–water partition coefficient (Wildman–Crippen LogP) is 0.921. The number of aliphatic carboxylic acids is 1. The van der Waals surface area contributed by atoms with E-state index >= 15 is 0 Å². The van der Waals surface area contributed by atoms with Crippen molar-refractivity contribution in [2.45, 2.75) is 31.3 Å². The summed E-state index contributed by atoms with van der Waals surface area (Å²) in [6.45, 7) is 0.332. The Morgan fingerprint density at radius 2 is 1.83 bits per heavy atom. The SMILES string of the molecule is O=C([O-])[C@H]1CCCN1C(=O)[C@@H](Cc1ccccc1)n1cnc2ccccc2c1=O. The Balaban J connectivity index is 1.79. The van der Waals surface area contributed by atoms with Crippen LogP contribution in [0.3, 0.4) is 0 Å². The van der Waals surface area contributed by atoms with Crippen LogP contribution in [-0.4, -0.2) is 38.9 Å². The number of nitrogens with zero attached hydrogens (tertiary/aromatic N) is 3. The van der Waals surface area contributed by atoms with Crippen LogP contribution in [0.2, 0.25) is 0 Å². The number of hydrogen-bond donors (Lipinski definition) is 0. The lowest BCUT2D eigenvalue weighted by molar-refractivity contribution is -0.310. The molecule has 0 radical (unpaired) electrons. The molecule has 2 atom stereocenters. The lowest BCUT2D eigenvalue weighted by Gasteiger charge is -2.30. The van der Waals surface area contributed by atoms with Crippen molar-refractivity contribution in [3.05, 3.63) is 76.8 Å². The first-order chi connectivity index (χ1) is 14.1. The number of carbonyl (C=O) groups is 2. The van der Waals surface area contributed by atoms with Gasteiger partial charge in [0, 0.05) is 13.0 Å². The van der Waals surface area contributed by atoms with Gasteiger partial charge in [0.05, 0.1) is 29.2 Å². The fourth-order valence-corrected chi connectivity index (χ4v) is 3.91. The fourth-order valence-electron chi connectivity index (χ4n) is 3.91. The van der Waals surface area contributed by atoms with Crippen LogP contribution < -0.4 is 10.7 Å². The highest BCUT2D eigenvalue weighted by molar-refractivity contribution is 5.86. The van der Waals surface area contributed by atoms with E-state index < -0.39 is 24.0 Å². The number of hydrogen-bond acceptors (Lipinski definition) is 5. The largest absolute Gasteiger partial charge is 0.548 e. The molecule has 0 aliphatic carbocycles. The molecule has 3 aromatic rings. The Hall–Kier alpha value is -3.48. The van der Waals surface area contributed by atoms with E-state index in [-0.39, 0.29) is 12.0 Å². The van der Waals surface area contributed by atoms with Gasteiger partial charge in [-0.2, -0.15) is 0 Å². The number of amides is 1. The number of carboxylic acids is 1. The van der Waals surface area contributed by atoms with Gasteiger partial charge in [-0.25, -0.2) is 4.98 Å². The van der Waals surface area contributed by atoms with E-state index in [9.17, 15) is 19.5 Å². The highest BCUT2D eigenvalue weighted by atomic mass is 16.4. The van der Waals surface area contributed by atoms with Gasteiger partial charge < -0.3 is 14.8 Å². The molecule has 4 rings (SSSR count). The summed E-state index contributed by atoms with van der Waals surface area (Å²) in [5.41, 5.74) is 1.10. The molecule has 1 saturated heterocycles. The molecule has 7 nitrogen and oxygen atoms in total. The summed E-state index contributed by atoms with van der Waals surface area (Å²) in [6.07, 6.45) is 2.58. The smallest absolute Gasteiger partial charge is 0.261 e. The van der Waals surface area contributed by atoms with Crippen LogP contribution in [-0.2, 0) is 16.0 Å². The first kappa shape index (κ1) is 18.9. The summed E-state index contributed by atoms with van der Waals surface area (Å²) < 4.78 is 1.32. The number of likely N-dealkylation sites (tertiary alicyclic amines) is 1. The topological polar surface area (TPSA) is 95.3 Å². The number of aromatic nitrogens is 2. The van der Waals surface area contributed by atoms with Gasteiger partial charge in [0.15, 0.2) is 0 Å². The fraction of sp³-hybridized carbons (Fsp3) is 0.273. The Morgan fingerprint density at radius 1 is 1.10 bits per heavy atom. The second kappa shape index (κ2) is 7.87. The molecule has 1 amide bonds. The number of para-hydroxylation sites is 1. The molecular formula is C22H20N3O4-. The minimum atomic E-state index is -1.27. The lowest BCUT2D eigenvalue weighted by atomic mass is 10.0. The van der Waals surface area contributed by atoms with Crippen molar-refractivity contribution in [1.82, 2.24) is 14.5 Å². The Morgan fingerprint density at radius 3 is 2.59 bits per heavy atom. The van der Waals surface area contributed by atoms with Gasteiger partial charge in [0.2, 0.25) is 5.91 Å². The monoisotopic (exact) mass is 390 g/mol. The molecule has 1 aliphatic rings. The highest BCUT2D eigenvalue weighted by Crippen LogP contribution is 2.24. The normalized spacial score (nSPS) is 17.4. The predicted molar refractivity (Wildman–Crippen MR) is 105 cm³/mol. The van der Waals surface area contributed by atoms with Gasteiger partial charge in [-0.3, -0.25) is 14.2 Å². The van der Waals surface area contributed by atoms with E-state index in [2.05, 4.69) is 4.98 Å². The summed E-state index contributed by atoms with van der Waals surface area (Å²) >= 11 is 0. The standard InChI is InChI=1S/C22H21N3O4/c26-20-16-9-4-5-10-17(16)23-14-25(20)19(13-15-7-2-1-3-8-15)21(27)24-12-6-11-18(24)22(28)29/h1-5,7-10,14,18-19H,6,11-13H2,(H,28,29)/p-1/t18-,19-/m1/s1. The number of carboxylic acid groups (broad SMARTS) is 1. The zero-order valence-electron chi connectivity index (χ0n) is 15.7. The molecule has 1 aromatic heterocycles. The first-order valence-corrected chi connectivity index (χ1v) is 9.57. The molecule has 1 aliphatic heterocycles. The molecule has 148 valence electrons. The van der Waals surface area contributed by atoms with E-state index in [0.717, 1.165) is 5.56 Å². The van der Waals surface area contributed by atoms with Crippen molar-refractivity contribution in [2.24, 2.45) is 0 Å². The zero-order valence-corrected chi connectivity index (χ0v) is 15.7. The molecule has 0 unspecified atom stereocenters. The van der Waals surface area contributed by atoms with Crippen molar-refractivity contribution in [1.29, 1.82) is 0 Å². The van der Waals surface area contributed by atoms with Gasteiger partial charge in [-0.15, -0.1) is 0 Å². The van der Waals surface area contributed by atoms with Gasteiger partial charge in [0.25, 0.3) is 5.56 Å². The van der Waals surface area contributed by atoms with E-state index in [4.69, 9.17) is 0 Å². The molecule has 2 heterocycles. The summed E-state index contributed by atoms with van der Waals surface area (Å²) in [6, 6.07) is 14.4. The van der Waals surface area contributed by atoms with E-state index in [0.29, 0.717) is 30.3 Å². The summed E-state index contributed by atoms with van der Waals surface area (Å²) in [5, 5.41) is 11.9. The van der Waals surface area contributed by atoms with Gasteiger partial charge in [-0.05, 0) is 30.5 Å². The maximum atomic E-state index is 13.4. The van der Waals surface area contributed by atoms with Crippen LogP contribution in [0, 0.1) is 0 Å². The Bertz CT molecular complexity index is 1110. The third-order valence-electron chi connectivity index (χ3n) is 5.39. The van der Waals surface area contributed by atoms with Crippen molar-refractivity contribution >= 4 is 22.8 Å². The third kappa shape index (κ3) is 3.63. The zero-order chi connectivity index (χ0) is 20.4. The van der Waals surface area contributed by atoms with Crippen molar-refractivity contribution in [3.63, 3.8) is 0 Å². The summed E-state index contributed by atoms with van der Waals surface area (Å²) in [4.78, 5) is 43.7. The van der Waals surface area contributed by atoms with Crippen molar-refractivity contribution in [3.8, 4) is 0 Å². The van der Waals surface area contributed by atoms with Crippen LogP contribution in [0.5, 0.6) is 0 Å². The summed E-state index contributed by atoms with van der Waals surface area (Å²) in [7, 11) is 0. The maximum Gasteiger partial charge on any atom is 0.261 e. The Kier molecular flexibility index (Phi) is 5.12. The molecule has 1 fully saturated rings. The number of fused-ring (bicyclic) bond motifs is 1. The second-order valence-electron chi connectivity index (χ2n) is 7.19. The van der Waals surface area contributed by atoms with Gasteiger partial charge in [-0.1, -0.05) is 42.5 Å². The van der Waals surface area contributed by atoms with E-state index in [1.54, 1.807) is 24.3 Å². The molecule has 7 heteroatoms. The van der Waals surface area contributed by atoms with Crippen molar-refractivity contribution in [2.75, 3.05) is 6.54 Å². The minimum Gasteiger partial charge on any atom is -0.548 e. The van der Waals surface area contributed by atoms with Crippen LogP contribution in [0.15, 0.2) is 65.7 Å². The molecule has 0 saturated carbocycles. The number of benzene rings is 2. The molecule has 0 N–H and O–H groups in total.